The zero-order chi connectivity index (χ0) is 19.1. The largest absolute Gasteiger partial charge is 0.494 e. The molecule has 0 fully saturated rings. The summed E-state index contributed by atoms with van der Waals surface area (Å²) in [5.74, 6) is 2.15. The fraction of sp³-hybridized carbons (Fsp3) is 0.250. The van der Waals surface area contributed by atoms with Gasteiger partial charge in [-0.1, -0.05) is 31.2 Å². The average molecular weight is 382 g/mol. The lowest BCUT2D eigenvalue weighted by atomic mass is 10.2. The second-order valence-electron chi connectivity index (χ2n) is 5.76. The minimum Gasteiger partial charge on any atom is -0.494 e. The number of rotatable bonds is 8. The van der Waals surface area contributed by atoms with E-state index in [1.165, 1.54) is 0 Å². The minimum atomic E-state index is 0.408. The molecule has 1 N–H and O–H groups in total. The highest BCUT2D eigenvalue weighted by Crippen LogP contribution is 2.28. The van der Waals surface area contributed by atoms with Gasteiger partial charge in [-0.2, -0.15) is 14.9 Å². The number of nitrogens with zero attached hydrogens (tertiary/aromatic N) is 3. The smallest absolute Gasteiger partial charge is 0.216 e. The van der Waals surface area contributed by atoms with Crippen LogP contribution in [0.1, 0.15) is 25.8 Å². The van der Waals surface area contributed by atoms with E-state index < -0.39 is 0 Å². The molecule has 0 aliphatic carbocycles. The van der Waals surface area contributed by atoms with E-state index in [2.05, 4.69) is 22.2 Å². The first-order chi connectivity index (χ1) is 13.2. The number of benzene rings is 2. The fourth-order valence-electron chi connectivity index (χ4n) is 2.53. The predicted molar refractivity (Wildman–Crippen MR) is 109 cm³/mol. The van der Waals surface area contributed by atoms with Crippen LogP contribution in [0.15, 0.2) is 53.6 Å². The number of para-hydroxylation sites is 1. The lowest BCUT2D eigenvalue weighted by Crippen LogP contribution is -1.99. The summed E-state index contributed by atoms with van der Waals surface area (Å²) >= 11 is 5.34. The van der Waals surface area contributed by atoms with Crippen LogP contribution in [0.4, 0.5) is 0 Å². The second kappa shape index (κ2) is 9.14. The second-order valence-corrected chi connectivity index (χ2v) is 6.15. The summed E-state index contributed by atoms with van der Waals surface area (Å²) in [6, 6.07) is 15.5. The van der Waals surface area contributed by atoms with Gasteiger partial charge in [0.05, 0.1) is 25.0 Å². The molecule has 6 nitrogen and oxygen atoms in total. The van der Waals surface area contributed by atoms with Crippen LogP contribution in [0.5, 0.6) is 11.5 Å². The quantitative estimate of drug-likeness (QED) is 0.454. The maximum absolute atomic E-state index is 5.70. The van der Waals surface area contributed by atoms with Gasteiger partial charge in [0.2, 0.25) is 4.77 Å². The molecule has 0 aliphatic rings. The Kier molecular flexibility index (Phi) is 6.38. The van der Waals surface area contributed by atoms with Crippen LogP contribution >= 0.6 is 12.2 Å². The Hall–Kier alpha value is -2.93. The molecule has 0 amide bonds. The molecular formula is C20H22N4O2S. The van der Waals surface area contributed by atoms with Gasteiger partial charge >= 0.3 is 0 Å². The fourth-order valence-corrected chi connectivity index (χ4v) is 2.71. The molecule has 3 aromatic rings. The van der Waals surface area contributed by atoms with Crippen LogP contribution < -0.4 is 9.47 Å². The number of aromatic amines is 1. The first kappa shape index (κ1) is 18.8. The summed E-state index contributed by atoms with van der Waals surface area (Å²) in [6.07, 6.45) is 2.70. The third kappa shape index (κ3) is 4.62. The van der Waals surface area contributed by atoms with Crippen molar-refractivity contribution in [3.63, 3.8) is 0 Å². The summed E-state index contributed by atoms with van der Waals surface area (Å²) in [7, 11) is 0. The van der Waals surface area contributed by atoms with Crippen molar-refractivity contribution in [1.82, 2.24) is 14.9 Å². The molecule has 0 saturated carbocycles. The number of hydrogen-bond donors (Lipinski definition) is 1. The predicted octanol–water partition coefficient (Wildman–Crippen LogP) is 4.68. The number of H-pyrrole nitrogens is 1. The molecule has 3 rings (SSSR count). The minimum absolute atomic E-state index is 0.408. The van der Waals surface area contributed by atoms with Crippen LogP contribution in [0, 0.1) is 4.77 Å². The summed E-state index contributed by atoms with van der Waals surface area (Å²) in [4.78, 5) is 0. The Morgan fingerprint density at radius 2 is 2.00 bits per heavy atom. The Morgan fingerprint density at radius 3 is 2.81 bits per heavy atom. The molecule has 0 atom stereocenters. The van der Waals surface area contributed by atoms with Crippen molar-refractivity contribution >= 4 is 18.4 Å². The monoisotopic (exact) mass is 382 g/mol. The molecule has 27 heavy (non-hydrogen) atoms. The van der Waals surface area contributed by atoms with Gasteiger partial charge in [-0.3, -0.25) is 0 Å². The van der Waals surface area contributed by atoms with Crippen molar-refractivity contribution < 1.29 is 9.47 Å². The van der Waals surface area contributed by atoms with E-state index in [1.54, 1.807) is 10.9 Å². The molecule has 0 bridgehead atoms. The Morgan fingerprint density at radius 1 is 1.15 bits per heavy atom. The molecule has 2 aromatic carbocycles. The highest BCUT2D eigenvalue weighted by Gasteiger charge is 2.13. The van der Waals surface area contributed by atoms with E-state index in [9.17, 15) is 0 Å². The Balaban J connectivity index is 1.92. The van der Waals surface area contributed by atoms with E-state index in [-0.39, 0.29) is 0 Å². The van der Waals surface area contributed by atoms with Gasteiger partial charge in [-0.15, -0.1) is 0 Å². The highest BCUT2D eigenvalue weighted by atomic mass is 32.1. The standard InChI is InChI=1S/C20H22N4O2S/c1-3-12-26-16-9-7-8-15(13-16)14-21-24-19(22-23-20(24)27)17-10-5-6-11-18(17)25-4-2/h5-11,13-14H,3-4,12H2,1-2H3,(H,23,27)/b21-14-. The Labute approximate surface area is 163 Å². The van der Waals surface area contributed by atoms with Crippen molar-refractivity contribution in [2.75, 3.05) is 13.2 Å². The molecule has 0 radical (unpaired) electrons. The topological polar surface area (TPSA) is 64.4 Å². The van der Waals surface area contributed by atoms with Gasteiger partial charge < -0.3 is 9.47 Å². The van der Waals surface area contributed by atoms with Crippen LogP contribution in [0.3, 0.4) is 0 Å². The van der Waals surface area contributed by atoms with Crippen LogP contribution in [0.25, 0.3) is 11.4 Å². The number of hydrogen-bond acceptors (Lipinski definition) is 5. The van der Waals surface area contributed by atoms with Gasteiger partial charge in [0.25, 0.3) is 0 Å². The van der Waals surface area contributed by atoms with Crippen molar-refractivity contribution in [2.45, 2.75) is 20.3 Å². The van der Waals surface area contributed by atoms with Crippen molar-refractivity contribution in [3.8, 4) is 22.9 Å². The third-order valence-electron chi connectivity index (χ3n) is 3.73. The molecule has 1 aromatic heterocycles. The molecule has 140 valence electrons. The van der Waals surface area contributed by atoms with Gasteiger partial charge in [0, 0.05) is 0 Å². The molecule has 0 saturated heterocycles. The molecule has 7 heteroatoms. The number of nitrogens with one attached hydrogen (secondary N) is 1. The first-order valence-corrected chi connectivity index (χ1v) is 9.30. The lowest BCUT2D eigenvalue weighted by molar-refractivity contribution is 0.317. The van der Waals surface area contributed by atoms with Crippen LogP contribution in [-0.2, 0) is 0 Å². The van der Waals surface area contributed by atoms with Gasteiger partial charge in [-0.05, 0) is 55.4 Å². The van der Waals surface area contributed by atoms with Crippen molar-refractivity contribution in [1.29, 1.82) is 0 Å². The maximum atomic E-state index is 5.70. The highest BCUT2D eigenvalue weighted by molar-refractivity contribution is 7.71. The first-order valence-electron chi connectivity index (χ1n) is 8.89. The zero-order valence-corrected chi connectivity index (χ0v) is 16.2. The number of aromatic nitrogens is 3. The van der Waals surface area contributed by atoms with E-state index in [1.807, 2.05) is 55.5 Å². The van der Waals surface area contributed by atoms with E-state index in [0.717, 1.165) is 29.0 Å². The molecule has 0 aliphatic heterocycles. The zero-order valence-electron chi connectivity index (χ0n) is 15.4. The normalized spacial score (nSPS) is 11.0. The molecule has 1 heterocycles. The van der Waals surface area contributed by atoms with Crippen LogP contribution in [-0.4, -0.2) is 34.3 Å². The molecular weight excluding hydrogens is 360 g/mol. The SMILES string of the molecule is CCCOc1cccc(/C=N\n2c(-c3ccccc3OCC)n[nH]c2=S)c1. The van der Waals surface area contributed by atoms with Gasteiger partial charge in [-0.25, -0.2) is 5.10 Å². The Bertz CT molecular complexity index is 978. The maximum Gasteiger partial charge on any atom is 0.216 e. The lowest BCUT2D eigenvalue weighted by Gasteiger charge is -2.09. The summed E-state index contributed by atoms with van der Waals surface area (Å²) in [5.41, 5.74) is 1.74. The van der Waals surface area contributed by atoms with Crippen LogP contribution in [0.2, 0.25) is 0 Å². The van der Waals surface area contributed by atoms with Gasteiger partial charge in [0.15, 0.2) is 5.82 Å². The summed E-state index contributed by atoms with van der Waals surface area (Å²) < 4.78 is 13.4. The van der Waals surface area contributed by atoms with E-state index in [4.69, 9.17) is 21.7 Å². The summed E-state index contributed by atoms with van der Waals surface area (Å²) in [6.45, 7) is 5.27. The van der Waals surface area contributed by atoms with Crippen molar-refractivity contribution in [3.05, 3.63) is 58.9 Å². The van der Waals surface area contributed by atoms with Gasteiger partial charge in [0.1, 0.15) is 11.5 Å². The average Bonchev–Trinajstić information content (AvgIpc) is 3.06. The number of ether oxygens (including phenoxy) is 2. The summed E-state index contributed by atoms with van der Waals surface area (Å²) in [5, 5.41) is 11.6. The van der Waals surface area contributed by atoms with E-state index >= 15 is 0 Å². The molecule has 0 spiro atoms. The molecule has 0 unspecified atom stereocenters. The van der Waals surface area contributed by atoms with E-state index in [0.29, 0.717) is 23.8 Å². The third-order valence-corrected chi connectivity index (χ3v) is 4.00. The van der Waals surface area contributed by atoms with Crippen molar-refractivity contribution in [2.24, 2.45) is 5.10 Å².